The van der Waals surface area contributed by atoms with Crippen molar-refractivity contribution < 1.29 is 9.53 Å². The average Bonchev–Trinajstić information content (AvgIpc) is 2.83. The van der Waals surface area contributed by atoms with Gasteiger partial charge in [-0.25, -0.2) is 0 Å². The lowest BCUT2D eigenvalue weighted by molar-refractivity contribution is -0.116. The number of morpholine rings is 1. The van der Waals surface area contributed by atoms with Crippen molar-refractivity contribution in [3.8, 4) is 0 Å². The van der Waals surface area contributed by atoms with E-state index in [1.54, 1.807) is 12.2 Å². The van der Waals surface area contributed by atoms with Gasteiger partial charge in [0.25, 0.3) is 0 Å². The second-order valence-corrected chi connectivity index (χ2v) is 5.97. The Morgan fingerprint density at radius 3 is 2.95 bits per heavy atom. The summed E-state index contributed by atoms with van der Waals surface area (Å²) in [5.41, 5.74) is 0. The molecule has 1 saturated heterocycles. The molecule has 104 valence electrons. The van der Waals surface area contributed by atoms with E-state index in [1.807, 2.05) is 12.1 Å². The van der Waals surface area contributed by atoms with Crippen LogP contribution < -0.4 is 5.32 Å². The molecule has 0 aliphatic carbocycles. The summed E-state index contributed by atoms with van der Waals surface area (Å²) >= 11 is 7.27. The second-order valence-electron chi connectivity index (χ2n) is 4.22. The standard InChI is InChI=1S/C13H17ClN2O2S/c14-12-3-1-11(19-12)2-4-13(17)15-5-6-16-7-9-18-10-8-16/h1-4H,5-10H2,(H,15,17). The van der Waals surface area contributed by atoms with E-state index >= 15 is 0 Å². The minimum atomic E-state index is -0.0715. The van der Waals surface area contributed by atoms with Gasteiger partial charge < -0.3 is 10.1 Å². The van der Waals surface area contributed by atoms with Gasteiger partial charge >= 0.3 is 0 Å². The zero-order chi connectivity index (χ0) is 13.5. The first-order valence-electron chi connectivity index (χ1n) is 6.25. The molecule has 0 aromatic carbocycles. The van der Waals surface area contributed by atoms with E-state index in [4.69, 9.17) is 16.3 Å². The molecule has 1 aliphatic heterocycles. The van der Waals surface area contributed by atoms with E-state index in [-0.39, 0.29) is 5.91 Å². The summed E-state index contributed by atoms with van der Waals surface area (Å²) in [6.45, 7) is 4.99. The molecule has 1 aromatic heterocycles. The highest BCUT2D eigenvalue weighted by Crippen LogP contribution is 2.22. The van der Waals surface area contributed by atoms with Crippen LogP contribution in [0.3, 0.4) is 0 Å². The lowest BCUT2D eigenvalue weighted by Crippen LogP contribution is -2.41. The van der Waals surface area contributed by atoms with Crippen molar-refractivity contribution in [3.63, 3.8) is 0 Å². The zero-order valence-electron chi connectivity index (χ0n) is 10.6. The van der Waals surface area contributed by atoms with Crippen LogP contribution in [0.2, 0.25) is 4.34 Å². The number of rotatable bonds is 5. The van der Waals surface area contributed by atoms with Crippen LogP contribution in [0.1, 0.15) is 4.88 Å². The molecule has 0 bridgehead atoms. The molecule has 0 spiro atoms. The van der Waals surface area contributed by atoms with Crippen LogP contribution in [-0.2, 0) is 9.53 Å². The van der Waals surface area contributed by atoms with Gasteiger partial charge in [-0.3, -0.25) is 9.69 Å². The average molecular weight is 301 g/mol. The lowest BCUT2D eigenvalue weighted by Gasteiger charge is -2.26. The molecule has 19 heavy (non-hydrogen) atoms. The van der Waals surface area contributed by atoms with Crippen LogP contribution in [0.4, 0.5) is 0 Å². The van der Waals surface area contributed by atoms with Crippen LogP contribution in [0.5, 0.6) is 0 Å². The van der Waals surface area contributed by atoms with Crippen molar-refractivity contribution in [2.75, 3.05) is 39.4 Å². The first-order chi connectivity index (χ1) is 9.24. The smallest absolute Gasteiger partial charge is 0.244 e. The van der Waals surface area contributed by atoms with Gasteiger partial charge in [-0.15, -0.1) is 11.3 Å². The Balaban J connectivity index is 1.65. The summed E-state index contributed by atoms with van der Waals surface area (Å²) in [5.74, 6) is -0.0715. The molecule has 1 amide bonds. The van der Waals surface area contributed by atoms with E-state index in [2.05, 4.69) is 10.2 Å². The number of hydrogen-bond donors (Lipinski definition) is 1. The van der Waals surface area contributed by atoms with Crippen molar-refractivity contribution >= 4 is 34.9 Å². The van der Waals surface area contributed by atoms with Gasteiger partial charge in [-0.1, -0.05) is 11.6 Å². The normalized spacial score (nSPS) is 16.9. The van der Waals surface area contributed by atoms with E-state index in [9.17, 15) is 4.79 Å². The van der Waals surface area contributed by atoms with E-state index < -0.39 is 0 Å². The molecular weight excluding hydrogens is 284 g/mol. The van der Waals surface area contributed by atoms with Crippen molar-refractivity contribution in [2.24, 2.45) is 0 Å². The first-order valence-corrected chi connectivity index (χ1v) is 7.45. The number of nitrogens with zero attached hydrogens (tertiary/aromatic N) is 1. The monoisotopic (exact) mass is 300 g/mol. The Morgan fingerprint density at radius 2 is 2.26 bits per heavy atom. The highest BCUT2D eigenvalue weighted by molar-refractivity contribution is 7.17. The minimum absolute atomic E-state index is 0.0715. The SMILES string of the molecule is O=C(C=Cc1ccc(Cl)s1)NCCN1CCOCC1. The van der Waals surface area contributed by atoms with Crippen LogP contribution in [0.25, 0.3) is 6.08 Å². The molecule has 1 aromatic rings. The summed E-state index contributed by atoms with van der Waals surface area (Å²) in [5, 5.41) is 2.87. The summed E-state index contributed by atoms with van der Waals surface area (Å²) in [4.78, 5) is 14.9. The molecule has 0 unspecified atom stereocenters. The van der Waals surface area contributed by atoms with E-state index in [1.165, 1.54) is 11.3 Å². The van der Waals surface area contributed by atoms with Crippen LogP contribution >= 0.6 is 22.9 Å². The Morgan fingerprint density at radius 1 is 1.47 bits per heavy atom. The maximum atomic E-state index is 11.6. The van der Waals surface area contributed by atoms with Gasteiger partial charge in [0.15, 0.2) is 0 Å². The predicted molar refractivity (Wildman–Crippen MR) is 78.6 cm³/mol. The quantitative estimate of drug-likeness (QED) is 0.844. The topological polar surface area (TPSA) is 41.6 Å². The fourth-order valence-electron chi connectivity index (χ4n) is 1.80. The summed E-state index contributed by atoms with van der Waals surface area (Å²) < 4.78 is 6.00. The van der Waals surface area contributed by atoms with Crippen molar-refractivity contribution in [1.29, 1.82) is 0 Å². The number of halogens is 1. The Labute approximate surface area is 122 Å². The van der Waals surface area contributed by atoms with Crippen LogP contribution in [0.15, 0.2) is 18.2 Å². The number of ether oxygens (including phenoxy) is 1. The van der Waals surface area contributed by atoms with Gasteiger partial charge in [-0.05, 0) is 18.2 Å². The largest absolute Gasteiger partial charge is 0.379 e. The van der Waals surface area contributed by atoms with Gasteiger partial charge in [0, 0.05) is 37.1 Å². The van der Waals surface area contributed by atoms with E-state index in [0.29, 0.717) is 6.54 Å². The lowest BCUT2D eigenvalue weighted by atomic mass is 10.4. The summed E-state index contributed by atoms with van der Waals surface area (Å²) in [6.07, 6.45) is 3.32. The molecule has 1 N–H and O–H groups in total. The molecule has 0 atom stereocenters. The van der Waals surface area contributed by atoms with Crippen molar-refractivity contribution in [2.45, 2.75) is 0 Å². The van der Waals surface area contributed by atoms with Crippen LogP contribution in [-0.4, -0.2) is 50.2 Å². The predicted octanol–water partition coefficient (Wildman–Crippen LogP) is 1.86. The number of carbonyl (C=O) groups excluding carboxylic acids is 1. The molecule has 1 fully saturated rings. The number of carbonyl (C=O) groups is 1. The third kappa shape index (κ3) is 5.32. The van der Waals surface area contributed by atoms with Gasteiger partial charge in [-0.2, -0.15) is 0 Å². The van der Waals surface area contributed by atoms with Gasteiger partial charge in [0.1, 0.15) is 0 Å². The molecule has 4 nitrogen and oxygen atoms in total. The summed E-state index contributed by atoms with van der Waals surface area (Å²) in [7, 11) is 0. The molecular formula is C13H17ClN2O2S. The number of amides is 1. The molecule has 2 rings (SSSR count). The molecule has 1 aliphatic rings. The summed E-state index contributed by atoms with van der Waals surface area (Å²) in [6, 6.07) is 3.72. The molecule has 0 radical (unpaired) electrons. The third-order valence-corrected chi connectivity index (χ3v) is 4.02. The number of hydrogen-bond acceptors (Lipinski definition) is 4. The molecule has 0 saturated carbocycles. The maximum Gasteiger partial charge on any atom is 0.244 e. The Hall–Kier alpha value is -0.880. The molecule has 6 heteroatoms. The Bertz CT molecular complexity index is 442. The number of thiophene rings is 1. The highest BCUT2D eigenvalue weighted by atomic mass is 35.5. The van der Waals surface area contributed by atoms with Crippen molar-refractivity contribution in [1.82, 2.24) is 10.2 Å². The van der Waals surface area contributed by atoms with Crippen LogP contribution in [0, 0.1) is 0 Å². The minimum Gasteiger partial charge on any atom is -0.379 e. The van der Waals surface area contributed by atoms with Gasteiger partial charge in [0.05, 0.1) is 17.6 Å². The second kappa shape index (κ2) is 7.65. The molecule has 2 heterocycles. The highest BCUT2D eigenvalue weighted by Gasteiger charge is 2.09. The first kappa shape index (κ1) is 14.5. The zero-order valence-corrected chi connectivity index (χ0v) is 12.2. The Kier molecular flexibility index (Phi) is 5.85. The maximum absolute atomic E-state index is 11.6. The number of nitrogens with one attached hydrogen (secondary N) is 1. The van der Waals surface area contributed by atoms with Crippen molar-refractivity contribution in [3.05, 3.63) is 27.4 Å². The fourth-order valence-corrected chi connectivity index (χ4v) is 2.76. The van der Waals surface area contributed by atoms with Gasteiger partial charge in [0.2, 0.25) is 5.91 Å². The third-order valence-electron chi connectivity index (χ3n) is 2.82. The van der Waals surface area contributed by atoms with E-state index in [0.717, 1.165) is 42.1 Å². The fraction of sp³-hybridized carbons (Fsp3) is 0.462.